The smallest absolute Gasteiger partial charge is 0.200 e. The Morgan fingerprint density at radius 1 is 0.485 bits per heavy atom. The third-order valence-electron chi connectivity index (χ3n) is 4.57. The SMILES string of the molecule is CC=CC(F)(F)C(F)(F)C(F)(F)C(F)(F)C(F)(F)C(F)(F)C(F)(F)C(F)(F)CCCCCC. The molecule has 0 aliphatic rings. The first-order valence-electron chi connectivity index (χ1n) is 9.03. The maximum absolute atomic E-state index is 13.7. The minimum absolute atomic E-state index is 0.0774. The fourth-order valence-corrected chi connectivity index (χ4v) is 2.47. The summed E-state index contributed by atoms with van der Waals surface area (Å²) in [6, 6.07) is 0. The van der Waals surface area contributed by atoms with E-state index >= 15 is 0 Å². The molecule has 0 heterocycles. The monoisotopic (exact) mass is 526 g/mol. The predicted molar refractivity (Wildman–Crippen MR) is 83.1 cm³/mol. The Morgan fingerprint density at radius 3 is 1.21 bits per heavy atom. The van der Waals surface area contributed by atoms with Crippen molar-refractivity contribution < 1.29 is 70.2 Å². The topological polar surface area (TPSA) is 0 Å². The lowest BCUT2D eigenvalue weighted by molar-refractivity contribution is -0.451. The van der Waals surface area contributed by atoms with Crippen molar-refractivity contribution in [3.05, 3.63) is 12.2 Å². The van der Waals surface area contributed by atoms with Gasteiger partial charge in [0.2, 0.25) is 0 Å². The van der Waals surface area contributed by atoms with Crippen LogP contribution in [0.3, 0.4) is 0 Å². The van der Waals surface area contributed by atoms with Gasteiger partial charge in [0.05, 0.1) is 0 Å². The molecule has 0 nitrogen and oxygen atoms in total. The van der Waals surface area contributed by atoms with Gasteiger partial charge in [0.1, 0.15) is 0 Å². The van der Waals surface area contributed by atoms with E-state index in [1.54, 1.807) is 0 Å². The summed E-state index contributed by atoms with van der Waals surface area (Å²) in [6.45, 7) is 1.95. The summed E-state index contributed by atoms with van der Waals surface area (Å²) in [6.07, 6.45) is -4.56. The van der Waals surface area contributed by atoms with Gasteiger partial charge in [0.25, 0.3) is 0 Å². The number of hydrogen-bond donors (Lipinski definition) is 0. The third-order valence-corrected chi connectivity index (χ3v) is 4.57. The fourth-order valence-electron chi connectivity index (χ4n) is 2.47. The van der Waals surface area contributed by atoms with E-state index in [2.05, 4.69) is 0 Å². The van der Waals surface area contributed by atoms with E-state index in [4.69, 9.17) is 0 Å². The molecule has 0 saturated heterocycles. The molecule has 16 heteroatoms. The normalized spacial score (nSPS) is 16.1. The van der Waals surface area contributed by atoms with Crippen molar-refractivity contribution in [1.29, 1.82) is 0 Å². The predicted octanol–water partition coefficient (Wildman–Crippen LogP) is 8.62. The van der Waals surface area contributed by atoms with Crippen LogP contribution in [0.5, 0.6) is 0 Å². The number of alkyl halides is 16. The van der Waals surface area contributed by atoms with Crippen molar-refractivity contribution in [2.75, 3.05) is 0 Å². The highest BCUT2D eigenvalue weighted by molar-refractivity contribution is 5.18. The fraction of sp³-hybridized carbons (Fsp3) is 0.882. The Morgan fingerprint density at radius 2 is 0.848 bits per heavy atom. The van der Waals surface area contributed by atoms with Crippen LogP contribution >= 0.6 is 0 Å². The number of unbranched alkanes of at least 4 members (excludes halogenated alkanes) is 3. The molecule has 0 aliphatic carbocycles. The zero-order chi connectivity index (χ0) is 26.9. The Labute approximate surface area is 177 Å². The van der Waals surface area contributed by atoms with E-state index in [1.165, 1.54) is 6.92 Å². The van der Waals surface area contributed by atoms with E-state index in [9.17, 15) is 70.2 Å². The first kappa shape index (κ1) is 31.6. The van der Waals surface area contributed by atoms with Crippen molar-refractivity contribution >= 4 is 0 Å². The average Bonchev–Trinajstić information content (AvgIpc) is 2.64. The number of allylic oxidation sites excluding steroid dienone is 2. The molecule has 0 bridgehead atoms. The molecule has 0 atom stereocenters. The van der Waals surface area contributed by atoms with Gasteiger partial charge in [0.15, 0.2) is 0 Å². The van der Waals surface area contributed by atoms with E-state index in [0.29, 0.717) is 13.3 Å². The van der Waals surface area contributed by atoms with Crippen LogP contribution in [0.1, 0.15) is 46.0 Å². The molecule has 0 amide bonds. The molecular weight excluding hydrogens is 508 g/mol. The number of rotatable bonds is 13. The lowest BCUT2D eigenvalue weighted by Gasteiger charge is -2.43. The molecule has 0 N–H and O–H groups in total. The van der Waals surface area contributed by atoms with Crippen LogP contribution in [-0.4, -0.2) is 47.4 Å². The second-order valence-electron chi connectivity index (χ2n) is 7.08. The van der Waals surface area contributed by atoms with Gasteiger partial charge < -0.3 is 0 Å². The summed E-state index contributed by atoms with van der Waals surface area (Å²) >= 11 is 0. The third kappa shape index (κ3) is 4.76. The van der Waals surface area contributed by atoms with Gasteiger partial charge in [0, 0.05) is 6.42 Å². The van der Waals surface area contributed by atoms with Gasteiger partial charge >= 0.3 is 47.4 Å². The second kappa shape index (κ2) is 9.34. The summed E-state index contributed by atoms with van der Waals surface area (Å²) in [7, 11) is 0. The summed E-state index contributed by atoms with van der Waals surface area (Å²) < 4.78 is 217. The van der Waals surface area contributed by atoms with Crippen molar-refractivity contribution in [2.45, 2.75) is 93.3 Å². The highest BCUT2D eigenvalue weighted by atomic mass is 19.4. The van der Waals surface area contributed by atoms with Gasteiger partial charge in [-0.05, 0) is 19.4 Å². The molecule has 0 aliphatic heterocycles. The number of hydrogen-bond acceptors (Lipinski definition) is 0. The minimum atomic E-state index is -8.36. The summed E-state index contributed by atoms with van der Waals surface area (Å²) in [5, 5.41) is 0. The van der Waals surface area contributed by atoms with Gasteiger partial charge in [-0.15, -0.1) is 0 Å². The largest absolute Gasteiger partial charge is 0.385 e. The second-order valence-corrected chi connectivity index (χ2v) is 7.08. The number of halogens is 16. The molecule has 0 unspecified atom stereocenters. The van der Waals surface area contributed by atoms with Crippen LogP contribution in [0.2, 0.25) is 0 Å². The van der Waals surface area contributed by atoms with Crippen LogP contribution in [-0.2, 0) is 0 Å². The summed E-state index contributed by atoms with van der Waals surface area (Å²) in [5.41, 5.74) is 0. The van der Waals surface area contributed by atoms with Crippen molar-refractivity contribution in [2.24, 2.45) is 0 Å². The zero-order valence-corrected chi connectivity index (χ0v) is 16.7. The minimum Gasteiger partial charge on any atom is -0.200 e. The van der Waals surface area contributed by atoms with Crippen LogP contribution < -0.4 is 0 Å². The molecule has 0 rings (SSSR count). The molecule has 0 aromatic rings. The highest BCUT2D eigenvalue weighted by Gasteiger charge is 2.94. The first-order chi connectivity index (χ1) is 14.4. The van der Waals surface area contributed by atoms with E-state index < -0.39 is 66.3 Å². The molecule has 0 aromatic carbocycles. The maximum atomic E-state index is 13.7. The summed E-state index contributed by atoms with van der Waals surface area (Å²) in [5.74, 6) is -60.5. The molecule has 0 saturated carbocycles. The van der Waals surface area contributed by atoms with Gasteiger partial charge in [-0.3, -0.25) is 0 Å². The van der Waals surface area contributed by atoms with E-state index in [0.717, 1.165) is 0 Å². The highest BCUT2D eigenvalue weighted by Crippen LogP contribution is 2.64. The lowest BCUT2D eigenvalue weighted by Crippen LogP contribution is -2.74. The molecule has 33 heavy (non-hydrogen) atoms. The Hall–Kier alpha value is -1.38. The van der Waals surface area contributed by atoms with Crippen LogP contribution in [0.4, 0.5) is 70.2 Å². The van der Waals surface area contributed by atoms with Crippen LogP contribution in [0.25, 0.3) is 0 Å². The average molecular weight is 526 g/mol. The van der Waals surface area contributed by atoms with Gasteiger partial charge in [-0.25, -0.2) is 0 Å². The molecule has 0 aromatic heterocycles. The maximum Gasteiger partial charge on any atom is 0.385 e. The Kier molecular flexibility index (Phi) is 8.95. The molecule has 198 valence electrons. The molecule has 0 fully saturated rings. The van der Waals surface area contributed by atoms with E-state index in [1.807, 2.05) is 0 Å². The van der Waals surface area contributed by atoms with Gasteiger partial charge in [-0.1, -0.05) is 32.3 Å². The zero-order valence-electron chi connectivity index (χ0n) is 16.7. The molecular formula is C17H18F16. The quantitative estimate of drug-likeness (QED) is 0.128. The standard InChI is InChI=1S/C17H18F16/c1-3-5-6-7-9-11(20,21)13(24,25)15(28,29)17(32,33)16(30,31)14(26,27)12(22,23)10(18,19)8-4-2/h4,8H,3,5-7,9H2,1-2H3. The van der Waals surface area contributed by atoms with Gasteiger partial charge in [-0.2, -0.15) is 70.2 Å². The molecule has 0 radical (unpaired) electrons. The van der Waals surface area contributed by atoms with Crippen molar-refractivity contribution in [3.8, 4) is 0 Å². The van der Waals surface area contributed by atoms with Crippen LogP contribution in [0.15, 0.2) is 12.2 Å². The Balaban J connectivity index is 6.50. The molecule has 0 spiro atoms. The first-order valence-corrected chi connectivity index (χ1v) is 9.03. The van der Waals surface area contributed by atoms with Crippen molar-refractivity contribution in [1.82, 2.24) is 0 Å². The Bertz CT molecular complexity index is 677. The summed E-state index contributed by atoms with van der Waals surface area (Å²) in [4.78, 5) is 0. The lowest BCUT2D eigenvalue weighted by atomic mass is 9.86. The van der Waals surface area contributed by atoms with E-state index in [-0.39, 0.29) is 18.9 Å². The van der Waals surface area contributed by atoms with Crippen LogP contribution in [0, 0.1) is 0 Å². The van der Waals surface area contributed by atoms with Crippen molar-refractivity contribution in [3.63, 3.8) is 0 Å².